The standard InChI is InChI=1S/C15H18BrN3/c1-19(12-13-6-8-17-9-7-13)11-10-18-15-5-3-2-4-14(15)16/h2-9,18H,10-12H2,1H3. The zero-order chi connectivity index (χ0) is 13.5. The van der Waals surface area contributed by atoms with Crippen molar-refractivity contribution in [2.24, 2.45) is 0 Å². The second-order valence-corrected chi connectivity index (χ2v) is 5.35. The number of aromatic nitrogens is 1. The fraction of sp³-hybridized carbons (Fsp3) is 0.267. The van der Waals surface area contributed by atoms with Gasteiger partial charge in [-0.2, -0.15) is 0 Å². The van der Waals surface area contributed by atoms with E-state index in [4.69, 9.17) is 0 Å². The van der Waals surface area contributed by atoms with Gasteiger partial charge in [0.05, 0.1) is 0 Å². The van der Waals surface area contributed by atoms with Crippen LogP contribution < -0.4 is 5.32 Å². The van der Waals surface area contributed by atoms with E-state index in [-0.39, 0.29) is 0 Å². The minimum Gasteiger partial charge on any atom is -0.383 e. The van der Waals surface area contributed by atoms with Gasteiger partial charge in [-0.15, -0.1) is 0 Å². The highest BCUT2D eigenvalue weighted by atomic mass is 79.9. The van der Waals surface area contributed by atoms with Gasteiger partial charge in [0, 0.05) is 42.2 Å². The van der Waals surface area contributed by atoms with E-state index < -0.39 is 0 Å². The smallest absolute Gasteiger partial charge is 0.0485 e. The van der Waals surface area contributed by atoms with Gasteiger partial charge in [0.15, 0.2) is 0 Å². The van der Waals surface area contributed by atoms with Crippen LogP contribution in [-0.2, 0) is 6.54 Å². The van der Waals surface area contributed by atoms with Crippen molar-refractivity contribution in [1.82, 2.24) is 9.88 Å². The zero-order valence-corrected chi connectivity index (χ0v) is 12.6. The van der Waals surface area contributed by atoms with Crippen molar-refractivity contribution in [2.75, 3.05) is 25.5 Å². The molecule has 1 aromatic heterocycles. The van der Waals surface area contributed by atoms with Gasteiger partial charge in [0.25, 0.3) is 0 Å². The molecule has 19 heavy (non-hydrogen) atoms. The molecule has 0 aliphatic rings. The number of benzene rings is 1. The molecule has 4 heteroatoms. The third-order valence-corrected chi connectivity index (χ3v) is 3.58. The number of nitrogens with zero attached hydrogens (tertiary/aromatic N) is 2. The Morgan fingerprint density at radius 1 is 1.16 bits per heavy atom. The summed E-state index contributed by atoms with van der Waals surface area (Å²) >= 11 is 3.53. The number of hydrogen-bond donors (Lipinski definition) is 1. The summed E-state index contributed by atoms with van der Waals surface area (Å²) in [7, 11) is 2.13. The summed E-state index contributed by atoms with van der Waals surface area (Å²) in [6.07, 6.45) is 3.67. The van der Waals surface area contributed by atoms with E-state index in [1.807, 2.05) is 30.6 Å². The minimum absolute atomic E-state index is 0.921. The monoisotopic (exact) mass is 319 g/mol. The van der Waals surface area contributed by atoms with E-state index in [1.165, 1.54) is 5.56 Å². The molecule has 0 aliphatic heterocycles. The summed E-state index contributed by atoms with van der Waals surface area (Å²) in [5, 5.41) is 3.43. The molecule has 100 valence electrons. The maximum Gasteiger partial charge on any atom is 0.0485 e. The predicted octanol–water partition coefficient (Wildman–Crippen LogP) is 3.39. The van der Waals surface area contributed by atoms with Crippen LogP contribution in [0.15, 0.2) is 53.3 Å². The van der Waals surface area contributed by atoms with Crippen LogP contribution in [0.1, 0.15) is 5.56 Å². The maximum absolute atomic E-state index is 4.03. The number of likely N-dealkylation sites (N-methyl/N-ethyl adjacent to an activating group) is 1. The SMILES string of the molecule is CN(CCNc1ccccc1Br)Cc1ccncc1. The molecule has 0 saturated heterocycles. The Hall–Kier alpha value is -1.39. The summed E-state index contributed by atoms with van der Waals surface area (Å²) in [4.78, 5) is 6.32. The Morgan fingerprint density at radius 2 is 1.89 bits per heavy atom. The topological polar surface area (TPSA) is 28.2 Å². The van der Waals surface area contributed by atoms with E-state index in [2.05, 4.69) is 56.4 Å². The van der Waals surface area contributed by atoms with Crippen molar-refractivity contribution in [1.29, 1.82) is 0 Å². The van der Waals surface area contributed by atoms with Crippen LogP contribution in [0, 0.1) is 0 Å². The lowest BCUT2D eigenvalue weighted by atomic mass is 10.2. The van der Waals surface area contributed by atoms with Crippen molar-refractivity contribution in [3.63, 3.8) is 0 Å². The highest BCUT2D eigenvalue weighted by Gasteiger charge is 2.01. The van der Waals surface area contributed by atoms with E-state index >= 15 is 0 Å². The average molecular weight is 320 g/mol. The van der Waals surface area contributed by atoms with Crippen molar-refractivity contribution in [2.45, 2.75) is 6.54 Å². The van der Waals surface area contributed by atoms with Gasteiger partial charge in [0.2, 0.25) is 0 Å². The minimum atomic E-state index is 0.921. The van der Waals surface area contributed by atoms with Crippen molar-refractivity contribution < 1.29 is 0 Å². The van der Waals surface area contributed by atoms with Crippen LogP contribution in [0.25, 0.3) is 0 Å². The highest BCUT2D eigenvalue weighted by Crippen LogP contribution is 2.20. The van der Waals surface area contributed by atoms with Crippen LogP contribution in [0.5, 0.6) is 0 Å². The number of para-hydroxylation sites is 1. The summed E-state index contributed by atoms with van der Waals surface area (Å²) in [6.45, 7) is 2.86. The lowest BCUT2D eigenvalue weighted by Crippen LogP contribution is -2.24. The largest absolute Gasteiger partial charge is 0.383 e. The number of pyridine rings is 1. The molecule has 1 aromatic carbocycles. The Balaban J connectivity index is 1.75. The van der Waals surface area contributed by atoms with Gasteiger partial charge >= 0.3 is 0 Å². The maximum atomic E-state index is 4.03. The molecule has 0 bridgehead atoms. The molecule has 0 aliphatic carbocycles. The molecular weight excluding hydrogens is 302 g/mol. The zero-order valence-electron chi connectivity index (χ0n) is 11.0. The molecule has 0 radical (unpaired) electrons. The first-order valence-electron chi connectivity index (χ1n) is 6.31. The van der Waals surface area contributed by atoms with E-state index in [0.29, 0.717) is 0 Å². The van der Waals surface area contributed by atoms with Gasteiger partial charge in [-0.3, -0.25) is 4.98 Å². The Bertz CT molecular complexity index is 502. The molecule has 0 saturated carbocycles. The molecule has 2 aromatic rings. The number of anilines is 1. The molecule has 0 fully saturated rings. The number of rotatable bonds is 6. The fourth-order valence-corrected chi connectivity index (χ4v) is 2.29. The molecule has 3 nitrogen and oxygen atoms in total. The first-order valence-corrected chi connectivity index (χ1v) is 7.11. The average Bonchev–Trinajstić information content (AvgIpc) is 2.42. The third-order valence-electron chi connectivity index (χ3n) is 2.88. The van der Waals surface area contributed by atoms with Crippen molar-refractivity contribution >= 4 is 21.6 Å². The van der Waals surface area contributed by atoms with Crippen LogP contribution in [-0.4, -0.2) is 30.0 Å². The molecule has 1 heterocycles. The molecule has 1 N–H and O–H groups in total. The molecule has 0 unspecified atom stereocenters. The second kappa shape index (κ2) is 7.26. The summed E-state index contributed by atoms with van der Waals surface area (Å²) in [5.41, 5.74) is 2.43. The Morgan fingerprint density at radius 3 is 2.63 bits per heavy atom. The highest BCUT2D eigenvalue weighted by molar-refractivity contribution is 9.10. The predicted molar refractivity (Wildman–Crippen MR) is 83.2 cm³/mol. The lowest BCUT2D eigenvalue weighted by Gasteiger charge is -2.17. The first-order chi connectivity index (χ1) is 9.25. The Kier molecular flexibility index (Phi) is 5.36. The van der Waals surface area contributed by atoms with Gasteiger partial charge < -0.3 is 10.2 Å². The van der Waals surface area contributed by atoms with Crippen LogP contribution >= 0.6 is 15.9 Å². The van der Waals surface area contributed by atoms with Crippen molar-refractivity contribution in [3.8, 4) is 0 Å². The van der Waals surface area contributed by atoms with Crippen LogP contribution in [0.3, 0.4) is 0 Å². The van der Waals surface area contributed by atoms with E-state index in [1.54, 1.807) is 0 Å². The third kappa shape index (κ3) is 4.65. The summed E-state index contributed by atoms with van der Waals surface area (Å²) in [6, 6.07) is 12.3. The van der Waals surface area contributed by atoms with E-state index in [0.717, 1.165) is 29.8 Å². The lowest BCUT2D eigenvalue weighted by molar-refractivity contribution is 0.340. The first kappa shape index (κ1) is 14.0. The van der Waals surface area contributed by atoms with Crippen molar-refractivity contribution in [3.05, 3.63) is 58.8 Å². The quantitative estimate of drug-likeness (QED) is 0.884. The molecule has 0 atom stereocenters. The van der Waals surface area contributed by atoms with Crippen LogP contribution in [0.2, 0.25) is 0 Å². The normalized spacial score (nSPS) is 10.7. The number of nitrogens with one attached hydrogen (secondary N) is 1. The number of hydrogen-bond acceptors (Lipinski definition) is 3. The fourth-order valence-electron chi connectivity index (χ4n) is 1.86. The molecule has 2 rings (SSSR count). The van der Waals surface area contributed by atoms with Crippen LogP contribution in [0.4, 0.5) is 5.69 Å². The molecular formula is C15H18BrN3. The molecule has 0 amide bonds. The second-order valence-electron chi connectivity index (χ2n) is 4.50. The summed E-state index contributed by atoms with van der Waals surface area (Å²) in [5.74, 6) is 0. The summed E-state index contributed by atoms with van der Waals surface area (Å²) < 4.78 is 1.10. The van der Waals surface area contributed by atoms with E-state index in [9.17, 15) is 0 Å². The Labute approximate surface area is 122 Å². The van der Waals surface area contributed by atoms with Gasteiger partial charge in [-0.25, -0.2) is 0 Å². The van der Waals surface area contributed by atoms with Gasteiger partial charge in [0.1, 0.15) is 0 Å². The van der Waals surface area contributed by atoms with Gasteiger partial charge in [-0.05, 0) is 52.8 Å². The van der Waals surface area contributed by atoms with Gasteiger partial charge in [-0.1, -0.05) is 12.1 Å². The molecule has 0 spiro atoms. The number of halogens is 1.